The molecule has 1 aromatic carbocycles. The van der Waals surface area contributed by atoms with Crippen LogP contribution in [-0.2, 0) is 16.0 Å². The maximum atomic E-state index is 12.8. The van der Waals surface area contributed by atoms with Crippen molar-refractivity contribution in [2.24, 2.45) is 0 Å². The predicted molar refractivity (Wildman–Crippen MR) is 61.2 cm³/mol. The van der Waals surface area contributed by atoms with Crippen molar-refractivity contribution in [3.63, 3.8) is 0 Å². The van der Waals surface area contributed by atoms with E-state index in [1.54, 1.807) is 6.07 Å². The van der Waals surface area contributed by atoms with Crippen LogP contribution in [0.5, 0.6) is 0 Å². The molecule has 1 aromatic rings. The molecule has 0 fully saturated rings. The van der Waals surface area contributed by atoms with Gasteiger partial charge in [0, 0.05) is 19.4 Å². The molecule has 0 radical (unpaired) electrons. The fraction of sp³-hybridized carbons (Fsp3) is 0.417. The first-order chi connectivity index (χ1) is 7.63. The van der Waals surface area contributed by atoms with Gasteiger partial charge in [0.25, 0.3) is 0 Å². The lowest BCUT2D eigenvalue weighted by atomic mass is 10.1. The van der Waals surface area contributed by atoms with Crippen molar-refractivity contribution in [1.82, 2.24) is 0 Å². The number of Topliss-reactive ketones (excluding diaryl/α,β-unsaturated/α-hetero) is 1. The Kier molecular flexibility index (Phi) is 5.43. The first-order valence-electron chi connectivity index (χ1n) is 5.17. The van der Waals surface area contributed by atoms with E-state index in [0.717, 1.165) is 5.56 Å². The minimum atomic E-state index is -0.466. The summed E-state index contributed by atoms with van der Waals surface area (Å²) in [6.45, 7) is 2.92. The molecule has 0 aromatic heterocycles. The summed E-state index contributed by atoms with van der Waals surface area (Å²) < 4.78 is 17.9. The predicted octanol–water partition coefficient (Wildman–Crippen LogP) is 3.02. The van der Waals surface area contributed by atoms with Crippen molar-refractivity contribution < 1.29 is 13.9 Å². The summed E-state index contributed by atoms with van der Waals surface area (Å²) in [5, 5.41) is 0.0510. The van der Waals surface area contributed by atoms with Crippen LogP contribution in [-0.4, -0.2) is 19.0 Å². The number of ether oxygens (including phenoxy) is 1. The van der Waals surface area contributed by atoms with Crippen LogP contribution in [0.4, 0.5) is 4.39 Å². The molecule has 2 nitrogen and oxygen atoms in total. The number of hydrogen-bond acceptors (Lipinski definition) is 2. The second-order valence-corrected chi connectivity index (χ2v) is 3.82. The van der Waals surface area contributed by atoms with E-state index in [0.29, 0.717) is 19.6 Å². The zero-order chi connectivity index (χ0) is 12.0. The highest BCUT2D eigenvalue weighted by Gasteiger charge is 2.06. The molecule has 88 valence electrons. The summed E-state index contributed by atoms with van der Waals surface area (Å²) in [6.07, 6.45) is 0.649. The normalized spacial score (nSPS) is 10.4. The Balaban J connectivity index is 2.46. The van der Waals surface area contributed by atoms with E-state index in [9.17, 15) is 9.18 Å². The molecule has 0 heterocycles. The quantitative estimate of drug-likeness (QED) is 0.719. The summed E-state index contributed by atoms with van der Waals surface area (Å²) in [4.78, 5) is 11.5. The highest BCUT2D eigenvalue weighted by atomic mass is 35.5. The number of benzene rings is 1. The molecule has 1 rings (SSSR count). The Morgan fingerprint density at radius 2 is 2.25 bits per heavy atom. The molecule has 0 saturated carbocycles. The van der Waals surface area contributed by atoms with Crippen LogP contribution < -0.4 is 0 Å². The second kappa shape index (κ2) is 6.61. The number of carbonyl (C=O) groups excluding carboxylic acids is 1. The molecule has 0 aliphatic rings. The topological polar surface area (TPSA) is 26.3 Å². The summed E-state index contributed by atoms with van der Waals surface area (Å²) >= 11 is 5.61. The molecule has 0 amide bonds. The number of rotatable bonds is 6. The molecule has 0 spiro atoms. The zero-order valence-corrected chi connectivity index (χ0v) is 9.89. The first-order valence-corrected chi connectivity index (χ1v) is 5.54. The van der Waals surface area contributed by atoms with Gasteiger partial charge in [0.15, 0.2) is 0 Å². The van der Waals surface area contributed by atoms with Crippen molar-refractivity contribution >= 4 is 17.4 Å². The third kappa shape index (κ3) is 4.29. The van der Waals surface area contributed by atoms with E-state index in [1.807, 2.05) is 6.92 Å². The summed E-state index contributed by atoms with van der Waals surface area (Å²) in [6, 6.07) is 4.32. The fourth-order valence-corrected chi connectivity index (χ4v) is 1.50. The van der Waals surface area contributed by atoms with Crippen molar-refractivity contribution in [3.05, 3.63) is 34.6 Å². The molecule has 4 heteroatoms. The van der Waals surface area contributed by atoms with Crippen molar-refractivity contribution in [2.45, 2.75) is 19.8 Å². The van der Waals surface area contributed by atoms with Gasteiger partial charge in [-0.25, -0.2) is 4.39 Å². The lowest BCUT2D eigenvalue weighted by Crippen LogP contribution is -2.07. The van der Waals surface area contributed by atoms with Crippen molar-refractivity contribution in [1.29, 1.82) is 0 Å². The van der Waals surface area contributed by atoms with E-state index in [4.69, 9.17) is 16.3 Å². The number of halogens is 2. The lowest BCUT2D eigenvalue weighted by molar-refractivity contribution is -0.119. The maximum Gasteiger partial charge on any atom is 0.141 e. The van der Waals surface area contributed by atoms with E-state index in [1.165, 1.54) is 12.1 Å². The van der Waals surface area contributed by atoms with Crippen LogP contribution in [0.15, 0.2) is 18.2 Å². The van der Waals surface area contributed by atoms with Gasteiger partial charge in [-0.3, -0.25) is 4.79 Å². The Bertz CT molecular complexity index is 366. The fourth-order valence-electron chi connectivity index (χ4n) is 1.30. The van der Waals surface area contributed by atoms with Gasteiger partial charge in [0.2, 0.25) is 0 Å². The van der Waals surface area contributed by atoms with Crippen LogP contribution in [0.2, 0.25) is 5.02 Å². The van der Waals surface area contributed by atoms with Gasteiger partial charge < -0.3 is 4.74 Å². The van der Waals surface area contributed by atoms with Crippen molar-refractivity contribution in [2.75, 3.05) is 13.2 Å². The van der Waals surface area contributed by atoms with Gasteiger partial charge in [-0.1, -0.05) is 17.7 Å². The van der Waals surface area contributed by atoms with E-state index >= 15 is 0 Å². The molecule has 16 heavy (non-hydrogen) atoms. The average molecular weight is 245 g/mol. The minimum Gasteiger partial charge on any atom is -0.381 e. The molecule has 0 aliphatic carbocycles. The number of hydrogen-bond donors (Lipinski definition) is 0. The van der Waals surface area contributed by atoms with Gasteiger partial charge in [0.1, 0.15) is 11.6 Å². The van der Waals surface area contributed by atoms with Crippen LogP contribution >= 0.6 is 11.6 Å². The molecule has 0 saturated heterocycles. The van der Waals surface area contributed by atoms with Gasteiger partial charge >= 0.3 is 0 Å². The van der Waals surface area contributed by atoms with Crippen molar-refractivity contribution in [3.8, 4) is 0 Å². The van der Waals surface area contributed by atoms with Gasteiger partial charge in [-0.05, 0) is 24.6 Å². The van der Waals surface area contributed by atoms with E-state index in [-0.39, 0.29) is 17.2 Å². The van der Waals surface area contributed by atoms with E-state index in [2.05, 4.69) is 0 Å². The number of ketones is 1. The lowest BCUT2D eigenvalue weighted by Gasteiger charge is -2.03. The number of carbonyl (C=O) groups is 1. The molecular weight excluding hydrogens is 231 g/mol. The third-order valence-corrected chi connectivity index (χ3v) is 2.40. The summed E-state index contributed by atoms with van der Waals surface area (Å²) in [5.41, 5.74) is 0.730. The van der Waals surface area contributed by atoms with Gasteiger partial charge in [-0.15, -0.1) is 0 Å². The van der Waals surface area contributed by atoms with Gasteiger partial charge in [0.05, 0.1) is 11.6 Å². The molecule has 0 N–H and O–H groups in total. The molecule has 0 bridgehead atoms. The Morgan fingerprint density at radius 3 is 2.88 bits per heavy atom. The Labute approximate surface area is 99.4 Å². The molecule has 0 atom stereocenters. The SMILES string of the molecule is CCOCCC(=O)Cc1ccc(F)c(Cl)c1. The molecule has 0 unspecified atom stereocenters. The van der Waals surface area contributed by atoms with Crippen LogP contribution in [0.1, 0.15) is 18.9 Å². The Morgan fingerprint density at radius 1 is 1.50 bits per heavy atom. The largest absolute Gasteiger partial charge is 0.381 e. The summed E-state index contributed by atoms with van der Waals surface area (Å²) in [5.74, 6) is -0.400. The average Bonchev–Trinajstić information content (AvgIpc) is 2.24. The third-order valence-electron chi connectivity index (χ3n) is 2.11. The van der Waals surface area contributed by atoms with Crippen LogP contribution in [0.25, 0.3) is 0 Å². The highest BCUT2D eigenvalue weighted by molar-refractivity contribution is 6.30. The van der Waals surface area contributed by atoms with E-state index < -0.39 is 5.82 Å². The smallest absolute Gasteiger partial charge is 0.141 e. The zero-order valence-electron chi connectivity index (χ0n) is 9.13. The van der Waals surface area contributed by atoms with Gasteiger partial charge in [-0.2, -0.15) is 0 Å². The highest BCUT2D eigenvalue weighted by Crippen LogP contribution is 2.16. The summed E-state index contributed by atoms with van der Waals surface area (Å²) in [7, 11) is 0. The minimum absolute atomic E-state index is 0.0510. The molecular formula is C12H14ClFO2. The molecule has 0 aliphatic heterocycles. The first kappa shape index (κ1) is 13.1. The van der Waals surface area contributed by atoms with Crippen LogP contribution in [0, 0.1) is 5.82 Å². The Hall–Kier alpha value is -0.930. The standard InChI is InChI=1S/C12H14ClFO2/c1-2-16-6-5-10(15)7-9-3-4-12(14)11(13)8-9/h3-4,8H,2,5-7H2,1H3. The monoisotopic (exact) mass is 244 g/mol. The second-order valence-electron chi connectivity index (χ2n) is 3.41. The van der Waals surface area contributed by atoms with Crippen LogP contribution in [0.3, 0.4) is 0 Å². The maximum absolute atomic E-state index is 12.8.